The number of nitrogens with one attached hydrogen (secondary N) is 2. The van der Waals surface area contributed by atoms with E-state index in [1.165, 1.54) is 25.1 Å². The van der Waals surface area contributed by atoms with Crippen molar-refractivity contribution in [3.63, 3.8) is 0 Å². The van der Waals surface area contributed by atoms with Crippen molar-refractivity contribution in [1.82, 2.24) is 10.9 Å². The molecular formula is C18H19N3O7. The Bertz CT molecular complexity index is 858. The van der Waals surface area contributed by atoms with Crippen LogP contribution in [-0.2, 0) is 9.59 Å². The molecule has 28 heavy (non-hydrogen) atoms. The van der Waals surface area contributed by atoms with E-state index >= 15 is 0 Å². The molecule has 0 spiro atoms. The van der Waals surface area contributed by atoms with Crippen molar-refractivity contribution >= 4 is 23.8 Å². The molecule has 0 bridgehead atoms. The van der Waals surface area contributed by atoms with Gasteiger partial charge in [-0.3, -0.25) is 30.6 Å². The van der Waals surface area contributed by atoms with E-state index in [2.05, 4.69) is 10.9 Å². The topological polar surface area (TPSA) is 133 Å². The summed E-state index contributed by atoms with van der Waals surface area (Å²) in [6, 6.07) is 9.27. The number of nitrogens with zero attached hydrogens (tertiary/aromatic N) is 1. The molecule has 0 aliphatic rings. The highest BCUT2D eigenvalue weighted by atomic mass is 16.6. The molecule has 1 aromatic heterocycles. The maximum Gasteiger partial charge on any atom is 0.433 e. The molecule has 0 saturated heterocycles. The molecule has 0 unspecified atom stereocenters. The van der Waals surface area contributed by atoms with Gasteiger partial charge in [-0.15, -0.1) is 0 Å². The van der Waals surface area contributed by atoms with Crippen LogP contribution in [0.2, 0.25) is 0 Å². The van der Waals surface area contributed by atoms with Crippen LogP contribution in [0, 0.1) is 10.1 Å². The van der Waals surface area contributed by atoms with Gasteiger partial charge in [0.15, 0.2) is 6.10 Å². The second-order valence-electron chi connectivity index (χ2n) is 5.41. The molecule has 10 heteroatoms. The van der Waals surface area contributed by atoms with Crippen LogP contribution in [0.25, 0.3) is 6.08 Å². The normalized spacial score (nSPS) is 11.6. The number of ether oxygens (including phenoxy) is 2. The molecule has 10 nitrogen and oxygen atoms in total. The van der Waals surface area contributed by atoms with Gasteiger partial charge in [0.05, 0.1) is 12.7 Å². The molecule has 0 fully saturated rings. The van der Waals surface area contributed by atoms with E-state index in [0.717, 1.165) is 6.08 Å². The van der Waals surface area contributed by atoms with Gasteiger partial charge in [-0.25, -0.2) is 0 Å². The number of carbonyl (C=O) groups excluding carboxylic acids is 2. The SMILES string of the molecule is CCOc1ccc(O[C@@H](C)C(=O)NNC(=O)/C=C/c2ccc([N+](=O)[O-])o2)cc1. The molecule has 0 aliphatic heterocycles. The lowest BCUT2D eigenvalue weighted by Gasteiger charge is -2.15. The molecular weight excluding hydrogens is 370 g/mol. The van der Waals surface area contributed by atoms with Crippen LogP contribution in [-0.4, -0.2) is 29.4 Å². The second-order valence-corrected chi connectivity index (χ2v) is 5.41. The van der Waals surface area contributed by atoms with E-state index in [1.807, 2.05) is 6.92 Å². The van der Waals surface area contributed by atoms with E-state index < -0.39 is 28.7 Å². The smallest absolute Gasteiger partial charge is 0.433 e. The lowest BCUT2D eigenvalue weighted by atomic mass is 10.3. The Kier molecular flexibility index (Phi) is 7.14. The number of nitro groups is 1. The number of amides is 2. The number of rotatable bonds is 8. The first-order chi connectivity index (χ1) is 13.4. The highest BCUT2D eigenvalue weighted by Gasteiger charge is 2.15. The van der Waals surface area contributed by atoms with Crippen molar-refractivity contribution in [2.75, 3.05) is 6.61 Å². The average Bonchev–Trinajstić information content (AvgIpc) is 3.15. The molecule has 0 saturated carbocycles. The fourth-order valence-electron chi connectivity index (χ4n) is 1.99. The summed E-state index contributed by atoms with van der Waals surface area (Å²) in [5.74, 6) is -0.372. The van der Waals surface area contributed by atoms with Gasteiger partial charge in [-0.05, 0) is 50.3 Å². The summed E-state index contributed by atoms with van der Waals surface area (Å²) in [5.41, 5.74) is 4.39. The van der Waals surface area contributed by atoms with Gasteiger partial charge in [-0.2, -0.15) is 0 Å². The fraction of sp³-hybridized carbons (Fsp3) is 0.222. The number of hydrazine groups is 1. The molecule has 2 rings (SSSR count). The van der Waals surface area contributed by atoms with Gasteiger partial charge in [0.1, 0.15) is 22.2 Å². The molecule has 2 amide bonds. The third kappa shape index (κ3) is 6.16. The highest BCUT2D eigenvalue weighted by molar-refractivity contribution is 5.93. The summed E-state index contributed by atoms with van der Waals surface area (Å²) in [4.78, 5) is 33.5. The summed E-state index contributed by atoms with van der Waals surface area (Å²) in [5, 5.41) is 10.5. The van der Waals surface area contributed by atoms with Crippen LogP contribution >= 0.6 is 0 Å². The van der Waals surface area contributed by atoms with Gasteiger partial charge in [-0.1, -0.05) is 0 Å². The van der Waals surface area contributed by atoms with E-state index in [4.69, 9.17) is 13.9 Å². The monoisotopic (exact) mass is 389 g/mol. The first kappa shape index (κ1) is 20.5. The molecule has 0 aliphatic carbocycles. The minimum Gasteiger partial charge on any atom is -0.494 e. The Morgan fingerprint density at radius 1 is 1.18 bits per heavy atom. The van der Waals surface area contributed by atoms with E-state index in [-0.39, 0.29) is 5.76 Å². The Morgan fingerprint density at radius 3 is 2.46 bits per heavy atom. The summed E-state index contributed by atoms with van der Waals surface area (Å²) >= 11 is 0. The van der Waals surface area contributed by atoms with Crippen molar-refractivity contribution < 1.29 is 28.4 Å². The van der Waals surface area contributed by atoms with E-state index in [0.29, 0.717) is 18.1 Å². The van der Waals surface area contributed by atoms with Crippen molar-refractivity contribution in [3.05, 3.63) is 58.3 Å². The summed E-state index contributed by atoms with van der Waals surface area (Å²) in [7, 11) is 0. The van der Waals surface area contributed by atoms with E-state index in [1.54, 1.807) is 24.3 Å². The largest absolute Gasteiger partial charge is 0.494 e. The minimum atomic E-state index is -0.866. The van der Waals surface area contributed by atoms with Crippen LogP contribution in [0.15, 0.2) is 46.9 Å². The lowest BCUT2D eigenvalue weighted by molar-refractivity contribution is -0.402. The summed E-state index contributed by atoms with van der Waals surface area (Å²) < 4.78 is 15.7. The second kappa shape index (κ2) is 9.76. The zero-order valence-electron chi connectivity index (χ0n) is 15.2. The van der Waals surface area contributed by atoms with Gasteiger partial charge in [0.25, 0.3) is 11.8 Å². The first-order valence-electron chi connectivity index (χ1n) is 8.30. The third-order valence-electron chi connectivity index (χ3n) is 3.32. The zero-order valence-corrected chi connectivity index (χ0v) is 15.2. The van der Waals surface area contributed by atoms with Crippen LogP contribution < -0.4 is 20.3 Å². The number of hydrogen-bond donors (Lipinski definition) is 2. The molecule has 1 heterocycles. The summed E-state index contributed by atoms with van der Waals surface area (Å²) in [6.45, 7) is 3.94. The maximum absolute atomic E-state index is 12.0. The summed E-state index contributed by atoms with van der Waals surface area (Å²) in [6.07, 6.45) is 1.42. The standard InChI is InChI=1S/C18H19N3O7/c1-3-26-13-4-6-14(7-5-13)27-12(2)18(23)20-19-16(22)10-8-15-9-11-17(28-15)21(24)25/h4-12H,3H2,1-2H3,(H,19,22)(H,20,23)/b10-8+/t12-/m0/s1. The van der Waals surface area contributed by atoms with Crippen molar-refractivity contribution in [3.8, 4) is 11.5 Å². The van der Waals surface area contributed by atoms with E-state index in [9.17, 15) is 19.7 Å². The van der Waals surface area contributed by atoms with Crippen LogP contribution in [0.3, 0.4) is 0 Å². The predicted octanol–water partition coefficient (Wildman–Crippen LogP) is 2.21. The molecule has 1 atom stereocenters. The third-order valence-corrected chi connectivity index (χ3v) is 3.32. The Hall–Kier alpha value is -3.82. The van der Waals surface area contributed by atoms with Crippen LogP contribution in [0.1, 0.15) is 19.6 Å². The Morgan fingerprint density at radius 2 is 1.86 bits per heavy atom. The van der Waals surface area contributed by atoms with Gasteiger partial charge in [0.2, 0.25) is 0 Å². The van der Waals surface area contributed by atoms with Gasteiger partial charge in [0, 0.05) is 6.08 Å². The molecule has 2 aromatic rings. The van der Waals surface area contributed by atoms with Crippen LogP contribution in [0.4, 0.5) is 5.88 Å². The van der Waals surface area contributed by atoms with Crippen molar-refractivity contribution in [1.29, 1.82) is 0 Å². The quantitative estimate of drug-likeness (QED) is 0.402. The number of carbonyl (C=O) groups is 2. The number of benzene rings is 1. The molecule has 2 N–H and O–H groups in total. The first-order valence-corrected chi connectivity index (χ1v) is 8.30. The molecule has 1 aromatic carbocycles. The van der Waals surface area contributed by atoms with Crippen LogP contribution in [0.5, 0.6) is 11.5 Å². The highest BCUT2D eigenvalue weighted by Crippen LogP contribution is 2.18. The fourth-order valence-corrected chi connectivity index (χ4v) is 1.99. The minimum absolute atomic E-state index is 0.125. The molecule has 148 valence electrons. The van der Waals surface area contributed by atoms with Crippen molar-refractivity contribution in [2.45, 2.75) is 20.0 Å². The van der Waals surface area contributed by atoms with Gasteiger partial charge >= 0.3 is 5.88 Å². The molecule has 0 radical (unpaired) electrons. The van der Waals surface area contributed by atoms with Gasteiger partial charge < -0.3 is 13.9 Å². The Labute approximate surface area is 160 Å². The number of furan rings is 1. The zero-order chi connectivity index (χ0) is 20.5. The van der Waals surface area contributed by atoms with Crippen molar-refractivity contribution in [2.24, 2.45) is 0 Å². The average molecular weight is 389 g/mol. The Balaban J connectivity index is 1.78. The maximum atomic E-state index is 12.0. The lowest BCUT2D eigenvalue weighted by Crippen LogP contribution is -2.46. The predicted molar refractivity (Wildman–Crippen MR) is 98.4 cm³/mol. The number of hydrogen-bond acceptors (Lipinski definition) is 7.